The molecule has 4 nitrogen and oxygen atoms in total. The maximum atomic E-state index is 10.0. The summed E-state index contributed by atoms with van der Waals surface area (Å²) >= 11 is 0. The molecule has 0 atom stereocenters. The summed E-state index contributed by atoms with van der Waals surface area (Å²) in [4.78, 5) is 0. The number of benzene rings is 2. The van der Waals surface area contributed by atoms with E-state index in [0.29, 0.717) is 10.6 Å². The molecule has 0 fully saturated rings. The Balaban J connectivity index is 2.52. The molecule has 2 rings (SSSR count). The van der Waals surface area contributed by atoms with Gasteiger partial charge in [-0.3, -0.25) is 0 Å². The Hall–Kier alpha value is -1.29. The standard InChI is InChI=1S/C14H15O4P/c15-13(16)14(17,18)19(11-7-3-1-4-8-11)12-9-5-2-6-10-12/h1-10,13,15-18H. The van der Waals surface area contributed by atoms with E-state index in [1.54, 1.807) is 48.5 Å². The van der Waals surface area contributed by atoms with Gasteiger partial charge in [-0.05, 0) is 10.6 Å². The Kier molecular flexibility index (Phi) is 4.30. The van der Waals surface area contributed by atoms with Crippen molar-refractivity contribution in [2.75, 3.05) is 0 Å². The van der Waals surface area contributed by atoms with Crippen LogP contribution in [0.1, 0.15) is 0 Å². The lowest BCUT2D eigenvalue weighted by atomic mass is 10.4. The minimum Gasteiger partial charge on any atom is -0.364 e. The van der Waals surface area contributed by atoms with Crippen LogP contribution in [-0.4, -0.2) is 32.2 Å². The zero-order valence-corrected chi connectivity index (χ0v) is 11.0. The van der Waals surface area contributed by atoms with Crippen molar-refractivity contribution in [1.29, 1.82) is 0 Å². The first kappa shape index (κ1) is 14.1. The third kappa shape index (κ3) is 3.00. The fourth-order valence-corrected chi connectivity index (χ4v) is 4.03. The van der Waals surface area contributed by atoms with Gasteiger partial charge in [-0.2, -0.15) is 0 Å². The molecular weight excluding hydrogens is 263 g/mol. The predicted octanol–water partition coefficient (Wildman–Crippen LogP) is 0.0684. The molecule has 0 bridgehead atoms. The summed E-state index contributed by atoms with van der Waals surface area (Å²) in [6.45, 7) is 0. The zero-order chi connectivity index (χ0) is 13.9. The van der Waals surface area contributed by atoms with Crippen molar-refractivity contribution >= 4 is 18.5 Å². The van der Waals surface area contributed by atoms with E-state index < -0.39 is 19.7 Å². The van der Waals surface area contributed by atoms with Gasteiger partial charge in [0, 0.05) is 7.92 Å². The molecular formula is C14H15O4P. The summed E-state index contributed by atoms with van der Waals surface area (Å²) in [6, 6.07) is 17.7. The molecule has 0 spiro atoms. The summed E-state index contributed by atoms with van der Waals surface area (Å²) in [5.41, 5.74) is -2.60. The topological polar surface area (TPSA) is 80.9 Å². The van der Waals surface area contributed by atoms with E-state index in [-0.39, 0.29) is 0 Å². The van der Waals surface area contributed by atoms with Gasteiger partial charge >= 0.3 is 0 Å². The second kappa shape index (κ2) is 5.78. The molecule has 0 aliphatic rings. The quantitative estimate of drug-likeness (QED) is 0.471. The minimum absolute atomic E-state index is 0.654. The lowest BCUT2D eigenvalue weighted by Gasteiger charge is -2.33. The molecule has 100 valence electrons. The highest BCUT2D eigenvalue weighted by Gasteiger charge is 2.42. The Bertz CT molecular complexity index is 474. The zero-order valence-electron chi connectivity index (χ0n) is 10.1. The first-order chi connectivity index (χ1) is 9.03. The molecule has 5 heteroatoms. The molecule has 0 saturated heterocycles. The summed E-state index contributed by atoms with van der Waals surface area (Å²) in [5.74, 6) is 0. The maximum absolute atomic E-state index is 10.0. The van der Waals surface area contributed by atoms with Gasteiger partial charge in [-0.15, -0.1) is 0 Å². The van der Waals surface area contributed by atoms with Gasteiger partial charge in [0.1, 0.15) is 0 Å². The van der Waals surface area contributed by atoms with Crippen LogP contribution in [-0.2, 0) is 0 Å². The van der Waals surface area contributed by atoms with Gasteiger partial charge in [0.2, 0.25) is 11.8 Å². The van der Waals surface area contributed by atoms with E-state index in [0.717, 1.165) is 0 Å². The van der Waals surface area contributed by atoms with E-state index in [2.05, 4.69) is 0 Å². The van der Waals surface area contributed by atoms with Crippen LogP contribution in [0.4, 0.5) is 0 Å². The molecule has 0 aliphatic heterocycles. The highest BCUT2D eigenvalue weighted by atomic mass is 31.1. The van der Waals surface area contributed by atoms with Crippen molar-refractivity contribution < 1.29 is 20.4 Å². The molecule has 0 heterocycles. The highest BCUT2D eigenvalue weighted by molar-refractivity contribution is 7.74. The van der Waals surface area contributed by atoms with Crippen LogP contribution in [0, 0.1) is 0 Å². The van der Waals surface area contributed by atoms with Crippen molar-refractivity contribution in [3.05, 3.63) is 60.7 Å². The molecule has 0 aromatic heterocycles. The largest absolute Gasteiger partial charge is 0.364 e. The van der Waals surface area contributed by atoms with E-state index in [4.69, 9.17) is 0 Å². The molecule has 0 aliphatic carbocycles. The maximum Gasteiger partial charge on any atom is 0.242 e. The molecule has 0 radical (unpaired) electrons. The summed E-state index contributed by atoms with van der Waals surface area (Å²) in [6.07, 6.45) is -2.24. The van der Waals surface area contributed by atoms with Gasteiger partial charge in [0.15, 0.2) is 0 Å². The van der Waals surface area contributed by atoms with E-state index in [1.165, 1.54) is 0 Å². The lowest BCUT2D eigenvalue weighted by Crippen LogP contribution is -2.45. The van der Waals surface area contributed by atoms with Gasteiger partial charge in [0.25, 0.3) is 0 Å². The molecule has 19 heavy (non-hydrogen) atoms. The fourth-order valence-electron chi connectivity index (χ4n) is 1.80. The van der Waals surface area contributed by atoms with Crippen LogP contribution >= 0.6 is 7.92 Å². The molecule has 2 aromatic rings. The number of hydrogen-bond acceptors (Lipinski definition) is 4. The monoisotopic (exact) mass is 278 g/mol. The summed E-state index contributed by atoms with van der Waals surface area (Å²) < 4.78 is 0. The van der Waals surface area contributed by atoms with Crippen LogP contribution in [0.15, 0.2) is 60.7 Å². The van der Waals surface area contributed by atoms with E-state index in [1.807, 2.05) is 12.1 Å². The second-order valence-electron chi connectivity index (χ2n) is 4.07. The van der Waals surface area contributed by atoms with Crippen molar-refractivity contribution in [3.63, 3.8) is 0 Å². The molecule has 0 amide bonds. The highest BCUT2D eigenvalue weighted by Crippen LogP contribution is 2.46. The van der Waals surface area contributed by atoms with E-state index >= 15 is 0 Å². The second-order valence-corrected chi connectivity index (χ2v) is 6.43. The third-order valence-corrected chi connectivity index (χ3v) is 5.22. The number of aliphatic hydroxyl groups excluding tert-OH is 1. The van der Waals surface area contributed by atoms with E-state index in [9.17, 15) is 20.4 Å². The van der Waals surface area contributed by atoms with Gasteiger partial charge in [-0.1, -0.05) is 60.7 Å². The van der Waals surface area contributed by atoms with Crippen LogP contribution in [0.5, 0.6) is 0 Å². The third-order valence-electron chi connectivity index (χ3n) is 2.70. The average molecular weight is 278 g/mol. The molecule has 0 saturated carbocycles. The SMILES string of the molecule is OC(O)C(O)(O)P(c1ccccc1)c1ccccc1. The van der Waals surface area contributed by atoms with Crippen LogP contribution in [0.25, 0.3) is 0 Å². The van der Waals surface area contributed by atoms with Crippen LogP contribution in [0.3, 0.4) is 0 Å². The number of rotatable bonds is 4. The summed E-state index contributed by atoms with van der Waals surface area (Å²) in [7, 11) is -1.72. The summed E-state index contributed by atoms with van der Waals surface area (Å²) in [5, 5.41) is 39.9. The van der Waals surface area contributed by atoms with Gasteiger partial charge < -0.3 is 20.4 Å². The van der Waals surface area contributed by atoms with Gasteiger partial charge in [0.05, 0.1) is 0 Å². The van der Waals surface area contributed by atoms with Crippen molar-refractivity contribution in [2.45, 2.75) is 11.8 Å². The Morgan fingerprint density at radius 3 is 1.42 bits per heavy atom. The fraction of sp³-hybridized carbons (Fsp3) is 0.143. The number of aliphatic hydroxyl groups is 4. The van der Waals surface area contributed by atoms with Crippen molar-refractivity contribution in [1.82, 2.24) is 0 Å². The first-order valence-corrected chi connectivity index (χ1v) is 7.09. The van der Waals surface area contributed by atoms with Crippen molar-refractivity contribution in [2.24, 2.45) is 0 Å². The molecule has 0 unspecified atom stereocenters. The lowest BCUT2D eigenvalue weighted by molar-refractivity contribution is -0.235. The Morgan fingerprint density at radius 1 is 0.737 bits per heavy atom. The minimum atomic E-state index is -2.60. The molecule has 2 aromatic carbocycles. The molecule has 4 N–H and O–H groups in total. The van der Waals surface area contributed by atoms with Crippen LogP contribution in [0.2, 0.25) is 0 Å². The first-order valence-electron chi connectivity index (χ1n) is 5.74. The Morgan fingerprint density at radius 2 is 1.11 bits per heavy atom. The number of hydrogen-bond donors (Lipinski definition) is 4. The predicted molar refractivity (Wildman–Crippen MR) is 74.5 cm³/mol. The average Bonchev–Trinajstić information content (AvgIpc) is 2.41. The van der Waals surface area contributed by atoms with Gasteiger partial charge in [-0.25, -0.2) is 0 Å². The normalized spacial score (nSPS) is 12.1. The smallest absolute Gasteiger partial charge is 0.242 e. The van der Waals surface area contributed by atoms with Crippen molar-refractivity contribution in [3.8, 4) is 0 Å². The van der Waals surface area contributed by atoms with Crippen LogP contribution < -0.4 is 10.6 Å². The Labute approximate surface area is 112 Å².